The van der Waals surface area contributed by atoms with E-state index < -0.39 is 0 Å². The highest BCUT2D eigenvalue weighted by atomic mass is 79.9. The Hall–Kier alpha value is -0.620. The number of benzene rings is 1. The number of halogens is 1. The van der Waals surface area contributed by atoms with Crippen molar-refractivity contribution in [2.24, 2.45) is 0 Å². The van der Waals surface area contributed by atoms with Crippen molar-refractivity contribution in [2.75, 3.05) is 33.2 Å². The predicted octanol–water partition coefficient (Wildman–Crippen LogP) is 3.88. The van der Waals surface area contributed by atoms with E-state index in [1.165, 1.54) is 5.56 Å². The van der Waals surface area contributed by atoms with Gasteiger partial charge in [0.25, 0.3) is 0 Å². The lowest BCUT2D eigenvalue weighted by Gasteiger charge is -2.44. The Morgan fingerprint density at radius 2 is 1.96 bits per heavy atom. The van der Waals surface area contributed by atoms with Crippen LogP contribution in [0.3, 0.4) is 0 Å². The number of nitrogen functional groups attached to an aromatic ring is 1. The average molecular weight is 384 g/mol. The van der Waals surface area contributed by atoms with E-state index in [1.807, 2.05) is 6.07 Å². The summed E-state index contributed by atoms with van der Waals surface area (Å²) in [5.41, 5.74) is 7.82. The van der Waals surface area contributed by atoms with Crippen LogP contribution in [0, 0.1) is 0 Å². The van der Waals surface area contributed by atoms with Crippen molar-refractivity contribution in [3.63, 3.8) is 0 Å². The van der Waals surface area contributed by atoms with Gasteiger partial charge in [0.15, 0.2) is 0 Å². The lowest BCUT2D eigenvalue weighted by atomic mass is 9.78. The van der Waals surface area contributed by atoms with Gasteiger partial charge in [-0.25, -0.2) is 0 Å². The van der Waals surface area contributed by atoms with Gasteiger partial charge in [-0.05, 0) is 71.6 Å². The van der Waals surface area contributed by atoms with Gasteiger partial charge in [-0.15, -0.1) is 0 Å². The highest BCUT2D eigenvalue weighted by Crippen LogP contribution is 2.54. The lowest BCUT2D eigenvalue weighted by Crippen LogP contribution is -2.46. The molecule has 2 bridgehead atoms. The van der Waals surface area contributed by atoms with Gasteiger partial charge in [-0.2, -0.15) is 0 Å². The van der Waals surface area contributed by atoms with Crippen molar-refractivity contribution in [3.8, 4) is 0 Å². The molecule has 1 aromatic carbocycles. The Labute approximate surface area is 146 Å². The van der Waals surface area contributed by atoms with Crippen LogP contribution >= 0.6 is 15.9 Å². The van der Waals surface area contributed by atoms with Gasteiger partial charge in [-0.3, -0.25) is 0 Å². The summed E-state index contributed by atoms with van der Waals surface area (Å²) in [6.45, 7) is 1.40. The minimum Gasteiger partial charge on any atom is -0.398 e. The zero-order valence-corrected chi connectivity index (χ0v) is 15.5. The number of methoxy groups -OCH3 is 2. The molecule has 2 saturated heterocycles. The molecular formula is C18H26BrNO3. The first kappa shape index (κ1) is 17.2. The number of nitrogens with two attached hydrogens (primary N) is 1. The monoisotopic (exact) mass is 383 g/mol. The van der Waals surface area contributed by atoms with Crippen LogP contribution in [0.5, 0.6) is 0 Å². The normalized spacial score (nSPS) is 33.1. The Bertz CT molecular complexity index is 567. The van der Waals surface area contributed by atoms with Crippen molar-refractivity contribution in [3.05, 3.63) is 28.2 Å². The Morgan fingerprint density at radius 3 is 2.65 bits per heavy atom. The van der Waals surface area contributed by atoms with E-state index in [-0.39, 0.29) is 11.2 Å². The Kier molecular flexibility index (Phi) is 5.02. The minimum atomic E-state index is -0.154. The molecule has 23 heavy (non-hydrogen) atoms. The topological polar surface area (TPSA) is 53.7 Å². The van der Waals surface area contributed by atoms with Crippen LogP contribution in [0.25, 0.3) is 0 Å². The van der Waals surface area contributed by atoms with E-state index in [9.17, 15) is 0 Å². The Balaban J connectivity index is 1.87. The average Bonchev–Trinajstić information content (AvgIpc) is 2.79. The van der Waals surface area contributed by atoms with Crippen LogP contribution in [0.1, 0.15) is 43.6 Å². The molecule has 3 atom stereocenters. The number of fused-ring (bicyclic) bond motifs is 2. The molecule has 5 heteroatoms. The standard InChI is InChI=1S/C18H26BrNO3/c1-21-8-7-17-5-6-18(23-17,12-22-2)11-14(10-17)13-3-4-16(20)15(19)9-13/h3-4,9,14H,5-8,10-12,20H2,1-2H3/t14-,17+,18+/m0/s1. The highest BCUT2D eigenvalue weighted by molar-refractivity contribution is 9.10. The Morgan fingerprint density at radius 1 is 1.22 bits per heavy atom. The number of rotatable bonds is 6. The first-order valence-corrected chi connectivity index (χ1v) is 9.04. The second-order valence-electron chi connectivity index (χ2n) is 7.03. The third-order valence-corrected chi connectivity index (χ3v) is 6.06. The van der Waals surface area contributed by atoms with Crippen molar-refractivity contribution in [1.29, 1.82) is 0 Å². The fraction of sp³-hybridized carbons (Fsp3) is 0.667. The third kappa shape index (κ3) is 3.43. The quantitative estimate of drug-likeness (QED) is 0.757. The zero-order valence-electron chi connectivity index (χ0n) is 13.9. The van der Waals surface area contributed by atoms with Gasteiger partial charge < -0.3 is 19.9 Å². The summed E-state index contributed by atoms with van der Waals surface area (Å²) in [6, 6.07) is 6.30. The van der Waals surface area contributed by atoms with Gasteiger partial charge in [0.2, 0.25) is 0 Å². The smallest absolute Gasteiger partial charge is 0.0929 e. The van der Waals surface area contributed by atoms with Gasteiger partial charge in [0.05, 0.1) is 17.8 Å². The second-order valence-corrected chi connectivity index (χ2v) is 7.88. The molecule has 2 aliphatic rings. The molecule has 0 amide bonds. The molecule has 1 aromatic rings. The number of anilines is 1. The van der Waals surface area contributed by atoms with E-state index in [2.05, 4.69) is 28.1 Å². The van der Waals surface area contributed by atoms with Crippen LogP contribution in [-0.4, -0.2) is 38.6 Å². The molecule has 4 nitrogen and oxygen atoms in total. The fourth-order valence-corrected chi connectivity index (χ4v) is 4.69. The summed E-state index contributed by atoms with van der Waals surface area (Å²) in [4.78, 5) is 0. The molecule has 0 aliphatic carbocycles. The second kappa shape index (κ2) is 6.71. The van der Waals surface area contributed by atoms with Crippen LogP contribution in [0.2, 0.25) is 0 Å². The molecule has 3 rings (SSSR count). The zero-order chi connectivity index (χ0) is 16.5. The number of ether oxygens (including phenoxy) is 3. The third-order valence-electron chi connectivity index (χ3n) is 5.37. The van der Waals surface area contributed by atoms with Crippen molar-refractivity contribution >= 4 is 21.6 Å². The van der Waals surface area contributed by atoms with Crippen LogP contribution in [0.4, 0.5) is 5.69 Å². The van der Waals surface area contributed by atoms with E-state index in [0.717, 1.165) is 48.9 Å². The first-order chi connectivity index (χ1) is 11.0. The van der Waals surface area contributed by atoms with Gasteiger partial charge >= 0.3 is 0 Å². The first-order valence-electron chi connectivity index (χ1n) is 8.24. The van der Waals surface area contributed by atoms with Crippen LogP contribution in [0.15, 0.2) is 22.7 Å². The van der Waals surface area contributed by atoms with Gasteiger partial charge in [0, 0.05) is 31.0 Å². The van der Waals surface area contributed by atoms with Crippen LogP contribution < -0.4 is 5.73 Å². The SMILES string of the molecule is COCC[C@]12CC[C@](COC)(C[C@@H](c3ccc(N)c(Br)c3)C1)O2. The molecule has 0 spiro atoms. The predicted molar refractivity (Wildman–Crippen MR) is 94.7 cm³/mol. The summed E-state index contributed by atoms with van der Waals surface area (Å²) in [7, 11) is 3.52. The fourth-order valence-electron chi connectivity index (χ4n) is 4.30. The molecular weight excluding hydrogens is 358 g/mol. The summed E-state index contributed by atoms with van der Waals surface area (Å²) in [5, 5.41) is 0. The summed E-state index contributed by atoms with van der Waals surface area (Å²) in [5.74, 6) is 0.468. The molecule has 2 fully saturated rings. The highest BCUT2D eigenvalue weighted by Gasteiger charge is 2.55. The summed E-state index contributed by atoms with van der Waals surface area (Å²) >= 11 is 3.56. The molecule has 0 radical (unpaired) electrons. The number of hydrogen-bond donors (Lipinski definition) is 1. The van der Waals surface area contributed by atoms with E-state index in [1.54, 1.807) is 14.2 Å². The molecule has 2 aliphatic heterocycles. The largest absolute Gasteiger partial charge is 0.398 e. The van der Waals surface area contributed by atoms with Crippen molar-refractivity contribution in [2.45, 2.75) is 49.2 Å². The molecule has 0 unspecified atom stereocenters. The summed E-state index contributed by atoms with van der Waals surface area (Å²) in [6.07, 6.45) is 5.15. The van der Waals surface area contributed by atoms with Crippen molar-refractivity contribution < 1.29 is 14.2 Å². The molecule has 2 N–H and O–H groups in total. The molecule has 0 saturated carbocycles. The minimum absolute atomic E-state index is 0.0781. The molecule has 128 valence electrons. The van der Waals surface area contributed by atoms with Gasteiger partial charge in [-0.1, -0.05) is 6.07 Å². The van der Waals surface area contributed by atoms with Gasteiger partial charge in [0.1, 0.15) is 0 Å². The van der Waals surface area contributed by atoms with Crippen LogP contribution in [-0.2, 0) is 14.2 Å². The number of hydrogen-bond acceptors (Lipinski definition) is 4. The maximum Gasteiger partial charge on any atom is 0.0929 e. The van der Waals surface area contributed by atoms with E-state index in [4.69, 9.17) is 19.9 Å². The van der Waals surface area contributed by atoms with E-state index >= 15 is 0 Å². The maximum atomic E-state index is 6.58. The maximum absolute atomic E-state index is 6.58. The summed E-state index contributed by atoms with van der Waals surface area (Å²) < 4.78 is 18.4. The van der Waals surface area contributed by atoms with Crippen molar-refractivity contribution in [1.82, 2.24) is 0 Å². The molecule has 2 heterocycles. The van der Waals surface area contributed by atoms with E-state index in [0.29, 0.717) is 12.5 Å². The lowest BCUT2D eigenvalue weighted by molar-refractivity contribution is -0.173. The molecule has 0 aromatic heterocycles.